The third kappa shape index (κ3) is 2.58. The molecule has 0 rings (SSSR count). The Hall–Kier alpha value is -0.980. The largest absolute Gasteiger partial charge is 0.395 e. The zero-order valence-electron chi connectivity index (χ0n) is 10.1. The van der Waals surface area contributed by atoms with Gasteiger partial charge in [-0.1, -0.05) is 0 Å². The molecule has 0 aliphatic rings. The molecule has 0 bridgehead atoms. The summed E-state index contributed by atoms with van der Waals surface area (Å²) in [7, 11) is 1.44. The van der Waals surface area contributed by atoms with Crippen molar-refractivity contribution in [2.45, 2.75) is 26.5 Å². The third-order valence-electron chi connectivity index (χ3n) is 2.93. The number of ketones is 1. The molecular formula is C10H20N2O4. The van der Waals surface area contributed by atoms with Gasteiger partial charge in [-0.05, 0) is 20.8 Å². The lowest BCUT2D eigenvalue weighted by molar-refractivity contribution is -0.163. The van der Waals surface area contributed by atoms with Crippen molar-refractivity contribution >= 4 is 11.7 Å². The van der Waals surface area contributed by atoms with Crippen molar-refractivity contribution in [2.75, 3.05) is 20.2 Å². The van der Waals surface area contributed by atoms with Crippen molar-refractivity contribution < 1.29 is 19.8 Å². The molecule has 0 aromatic rings. The van der Waals surface area contributed by atoms with Gasteiger partial charge < -0.3 is 20.8 Å². The quantitative estimate of drug-likeness (QED) is 0.404. The first-order valence-electron chi connectivity index (χ1n) is 4.97. The number of amides is 1. The van der Waals surface area contributed by atoms with Gasteiger partial charge in [0.1, 0.15) is 16.9 Å². The Morgan fingerprint density at radius 3 is 2.06 bits per heavy atom. The Balaban J connectivity index is 5.24. The molecule has 0 saturated heterocycles. The van der Waals surface area contributed by atoms with E-state index in [-0.39, 0.29) is 13.2 Å². The lowest BCUT2D eigenvalue weighted by Crippen LogP contribution is -2.62. The minimum absolute atomic E-state index is 0.0811. The van der Waals surface area contributed by atoms with Crippen molar-refractivity contribution in [3.8, 4) is 0 Å². The molecule has 6 heteroatoms. The van der Waals surface area contributed by atoms with Crippen LogP contribution < -0.4 is 5.73 Å². The molecule has 2 unspecified atom stereocenters. The van der Waals surface area contributed by atoms with Crippen LogP contribution in [0.25, 0.3) is 0 Å². The third-order valence-corrected chi connectivity index (χ3v) is 2.93. The summed E-state index contributed by atoms with van der Waals surface area (Å²) in [6, 6.07) is 0. The van der Waals surface area contributed by atoms with Crippen molar-refractivity contribution in [3.63, 3.8) is 0 Å². The van der Waals surface area contributed by atoms with E-state index >= 15 is 0 Å². The van der Waals surface area contributed by atoms with Gasteiger partial charge in [0.2, 0.25) is 5.91 Å². The highest BCUT2D eigenvalue weighted by Crippen LogP contribution is 2.30. The monoisotopic (exact) mass is 232 g/mol. The first-order valence-corrected chi connectivity index (χ1v) is 4.97. The van der Waals surface area contributed by atoms with E-state index in [0.29, 0.717) is 0 Å². The van der Waals surface area contributed by atoms with Gasteiger partial charge >= 0.3 is 0 Å². The maximum absolute atomic E-state index is 12.0. The van der Waals surface area contributed by atoms with E-state index in [1.54, 1.807) is 0 Å². The molecule has 0 radical (unpaired) electrons. The van der Waals surface area contributed by atoms with Crippen LogP contribution in [0.4, 0.5) is 0 Å². The molecule has 16 heavy (non-hydrogen) atoms. The van der Waals surface area contributed by atoms with Crippen LogP contribution in [0.2, 0.25) is 0 Å². The van der Waals surface area contributed by atoms with Gasteiger partial charge in [0, 0.05) is 13.6 Å². The number of rotatable bonds is 5. The number of nitrogens with two attached hydrogens (primary N) is 1. The van der Waals surface area contributed by atoms with Crippen LogP contribution in [0.5, 0.6) is 0 Å². The molecule has 6 nitrogen and oxygen atoms in total. The van der Waals surface area contributed by atoms with E-state index < -0.39 is 22.8 Å². The molecule has 0 aliphatic heterocycles. The summed E-state index contributed by atoms with van der Waals surface area (Å²) in [5.74, 6) is -1.13. The second kappa shape index (κ2) is 4.90. The minimum atomic E-state index is -1.94. The predicted molar refractivity (Wildman–Crippen MR) is 58.3 cm³/mol. The second-order valence-electron chi connectivity index (χ2n) is 4.28. The lowest BCUT2D eigenvalue weighted by Gasteiger charge is -2.38. The molecule has 0 fully saturated rings. The molecule has 0 aromatic heterocycles. The fraction of sp³-hybridized carbons (Fsp3) is 0.800. The van der Waals surface area contributed by atoms with Gasteiger partial charge in [0.15, 0.2) is 0 Å². The SMILES string of the molecule is CC(=O)C(C)(C(=O)N(C)CCO)C(C)(N)O. The normalized spacial score (nSPS) is 18.4. The summed E-state index contributed by atoms with van der Waals surface area (Å²) in [6.07, 6.45) is 0. The van der Waals surface area contributed by atoms with E-state index in [9.17, 15) is 14.7 Å². The highest BCUT2D eigenvalue weighted by atomic mass is 16.3. The van der Waals surface area contributed by atoms with Crippen LogP contribution in [0.3, 0.4) is 0 Å². The summed E-state index contributed by atoms with van der Waals surface area (Å²) < 4.78 is 0. The lowest BCUT2D eigenvalue weighted by atomic mass is 9.75. The molecule has 1 amide bonds. The van der Waals surface area contributed by atoms with Gasteiger partial charge in [-0.2, -0.15) is 0 Å². The molecular weight excluding hydrogens is 212 g/mol. The molecule has 0 heterocycles. The zero-order chi connectivity index (χ0) is 13.1. The van der Waals surface area contributed by atoms with Crippen LogP contribution in [-0.2, 0) is 9.59 Å². The number of nitrogens with zero attached hydrogens (tertiary/aromatic N) is 1. The summed E-state index contributed by atoms with van der Waals surface area (Å²) in [5, 5.41) is 18.5. The molecule has 0 aliphatic carbocycles. The van der Waals surface area contributed by atoms with Gasteiger partial charge in [0.25, 0.3) is 0 Å². The van der Waals surface area contributed by atoms with Gasteiger partial charge in [-0.25, -0.2) is 0 Å². The number of Topliss-reactive ketones (excluding diaryl/α,β-unsaturated/α-hetero) is 1. The minimum Gasteiger partial charge on any atom is -0.395 e. The van der Waals surface area contributed by atoms with Gasteiger partial charge in [0.05, 0.1) is 6.61 Å². The fourth-order valence-electron chi connectivity index (χ4n) is 1.36. The smallest absolute Gasteiger partial charge is 0.240 e. The number of hydrogen-bond acceptors (Lipinski definition) is 5. The van der Waals surface area contributed by atoms with E-state index in [0.717, 1.165) is 0 Å². The summed E-state index contributed by atoms with van der Waals surface area (Å²) in [4.78, 5) is 24.7. The highest BCUT2D eigenvalue weighted by Gasteiger charge is 2.52. The number of carbonyl (C=O) groups excluding carboxylic acids is 2. The molecule has 94 valence electrons. The predicted octanol–water partition coefficient (Wildman–Crippen LogP) is -1.30. The van der Waals surface area contributed by atoms with Crippen LogP contribution in [0.15, 0.2) is 0 Å². The fourth-order valence-corrected chi connectivity index (χ4v) is 1.36. The van der Waals surface area contributed by atoms with Crippen LogP contribution in [0, 0.1) is 5.41 Å². The summed E-state index contributed by atoms with van der Waals surface area (Å²) >= 11 is 0. The second-order valence-corrected chi connectivity index (χ2v) is 4.28. The van der Waals surface area contributed by atoms with E-state index in [1.807, 2.05) is 0 Å². The Labute approximate surface area is 95.0 Å². The Kier molecular flexibility index (Phi) is 4.60. The van der Waals surface area contributed by atoms with Crippen molar-refractivity contribution in [3.05, 3.63) is 0 Å². The molecule has 0 spiro atoms. The van der Waals surface area contributed by atoms with E-state index in [4.69, 9.17) is 10.8 Å². The number of hydrogen-bond donors (Lipinski definition) is 3. The number of aliphatic hydroxyl groups is 2. The van der Waals surface area contributed by atoms with Gasteiger partial charge in [-0.15, -0.1) is 0 Å². The Morgan fingerprint density at radius 2 is 1.81 bits per heavy atom. The van der Waals surface area contributed by atoms with Crippen molar-refractivity contribution in [2.24, 2.45) is 11.1 Å². The summed E-state index contributed by atoms with van der Waals surface area (Å²) in [5.41, 5.74) is 1.82. The van der Waals surface area contributed by atoms with Crippen LogP contribution in [-0.4, -0.2) is 52.7 Å². The molecule has 2 atom stereocenters. The van der Waals surface area contributed by atoms with Crippen LogP contribution in [0.1, 0.15) is 20.8 Å². The molecule has 0 aromatic carbocycles. The highest BCUT2D eigenvalue weighted by molar-refractivity contribution is 6.05. The number of aliphatic hydroxyl groups excluding tert-OH is 1. The Morgan fingerprint density at radius 1 is 1.38 bits per heavy atom. The first kappa shape index (κ1) is 15.0. The zero-order valence-corrected chi connectivity index (χ0v) is 10.1. The molecule has 4 N–H and O–H groups in total. The van der Waals surface area contributed by atoms with E-state index in [2.05, 4.69) is 0 Å². The summed E-state index contributed by atoms with van der Waals surface area (Å²) in [6.45, 7) is 3.57. The maximum atomic E-state index is 12.0. The number of likely N-dealkylation sites (N-methyl/N-ethyl adjacent to an activating group) is 1. The van der Waals surface area contributed by atoms with Crippen molar-refractivity contribution in [1.29, 1.82) is 0 Å². The van der Waals surface area contributed by atoms with Crippen molar-refractivity contribution in [1.82, 2.24) is 4.90 Å². The number of carbonyl (C=O) groups is 2. The van der Waals surface area contributed by atoms with Crippen LogP contribution >= 0.6 is 0 Å². The first-order chi connectivity index (χ1) is 7.09. The molecule has 0 saturated carbocycles. The average Bonchev–Trinajstić information content (AvgIpc) is 2.13. The maximum Gasteiger partial charge on any atom is 0.240 e. The standard InChI is InChI=1S/C10H20N2O4/c1-7(14)9(2,10(3,11)16)8(15)12(4)5-6-13/h13,16H,5-6,11H2,1-4H3. The topological polar surface area (TPSA) is 104 Å². The van der Waals surface area contributed by atoms with E-state index in [1.165, 1.54) is 32.7 Å². The van der Waals surface area contributed by atoms with Gasteiger partial charge in [-0.3, -0.25) is 9.59 Å². The average molecular weight is 232 g/mol. The Bertz CT molecular complexity index is 285.